The number of hydrogen-bond donors (Lipinski definition) is 2. The summed E-state index contributed by atoms with van der Waals surface area (Å²) in [5, 5.41) is 12.6. The Balaban J connectivity index is -0.000000168. The molecule has 184 valence electrons. The fourth-order valence-electron chi connectivity index (χ4n) is 1.31. The standard InChI is InChI=1S/C10H21NO2.C5H13N.C3H7Br.C2HF3O2/c1-5-6-7-8-11-9(12)13-10(2,3)4;1-2-3-4-5-6;1-2-3-4;3-2(4,5)1(6)7/h5-8H2,1-4H3,(H,11,12);2-6H2,1H3;2-3H2,1H3;(H,6,7). The highest BCUT2D eigenvalue weighted by Gasteiger charge is 2.28. The van der Waals surface area contributed by atoms with Gasteiger partial charge in [0.25, 0.3) is 0 Å². The summed E-state index contributed by atoms with van der Waals surface area (Å²) >= 11 is 3.25. The summed E-state index contributed by atoms with van der Waals surface area (Å²) in [4.78, 5) is 19.9. The molecule has 0 aromatic heterocycles. The van der Waals surface area contributed by atoms with Gasteiger partial charge in [-0.05, 0) is 46.5 Å². The topological polar surface area (TPSA) is 106 Å². The Labute approximate surface area is 188 Å². The molecule has 0 aromatic carbocycles. The lowest BCUT2D eigenvalue weighted by Crippen LogP contribution is -2.49. The summed E-state index contributed by atoms with van der Waals surface area (Å²) in [6, 6.07) is 0. The van der Waals surface area contributed by atoms with E-state index in [0.717, 1.165) is 31.1 Å². The normalized spacial score (nSPS) is 10.2. The lowest BCUT2D eigenvalue weighted by molar-refractivity contribution is -0.368. The molecule has 1 amide bonds. The molecule has 0 aliphatic heterocycles. The maximum atomic E-state index is 11.1. The molecule has 0 radical (unpaired) electrons. The van der Waals surface area contributed by atoms with Crippen LogP contribution in [0, 0.1) is 0 Å². The predicted molar refractivity (Wildman–Crippen MR) is 116 cm³/mol. The number of halogens is 4. The molecule has 10 heteroatoms. The summed E-state index contributed by atoms with van der Waals surface area (Å²) < 4.78 is 36.6. The molecular weight excluding hydrogens is 469 g/mol. The first kappa shape index (κ1) is 36.3. The lowest BCUT2D eigenvalue weighted by Gasteiger charge is -2.19. The maximum Gasteiger partial charge on any atom is 0.430 e. The van der Waals surface area contributed by atoms with Crippen molar-refractivity contribution in [2.75, 3.05) is 18.4 Å². The number of carbonyl (C=O) groups excluding carboxylic acids is 2. The summed E-state index contributed by atoms with van der Waals surface area (Å²) in [5.41, 5.74) is 3.33. The Morgan fingerprint density at radius 2 is 1.37 bits per heavy atom. The number of carbonyl (C=O) groups is 2. The van der Waals surface area contributed by atoms with Crippen molar-refractivity contribution >= 4 is 28.0 Å². The molecule has 0 spiro atoms. The number of amides is 1. The molecule has 0 unspecified atom stereocenters. The van der Waals surface area contributed by atoms with E-state index in [2.05, 4.69) is 47.8 Å². The molecule has 6 nitrogen and oxygen atoms in total. The van der Waals surface area contributed by atoms with Crippen molar-refractivity contribution < 1.29 is 38.3 Å². The molecule has 0 aliphatic carbocycles. The van der Waals surface area contributed by atoms with Crippen LogP contribution in [0.2, 0.25) is 0 Å². The van der Waals surface area contributed by atoms with E-state index in [0.29, 0.717) is 6.54 Å². The SMILES string of the molecule is CCCBr.CCCCCNC(=O)OC(C)(C)C.CCCCC[NH3+].O=C([O-])C(F)(F)F. The molecule has 0 saturated carbocycles. The molecule has 30 heavy (non-hydrogen) atoms. The van der Waals surface area contributed by atoms with Gasteiger partial charge in [-0.3, -0.25) is 0 Å². The number of quaternary nitrogens is 1. The zero-order chi connectivity index (χ0) is 24.6. The number of alkyl halides is 4. The minimum atomic E-state index is -5.19. The van der Waals surface area contributed by atoms with Crippen LogP contribution in [0.5, 0.6) is 0 Å². The van der Waals surface area contributed by atoms with Gasteiger partial charge >= 0.3 is 12.3 Å². The second-order valence-electron chi connectivity index (χ2n) is 7.17. The number of carboxylic acid groups (broad SMARTS) is 1. The van der Waals surface area contributed by atoms with Crippen LogP contribution in [0.25, 0.3) is 0 Å². The Morgan fingerprint density at radius 1 is 0.967 bits per heavy atom. The number of rotatable bonds is 8. The summed E-state index contributed by atoms with van der Waals surface area (Å²) in [7, 11) is 0. The van der Waals surface area contributed by atoms with E-state index < -0.39 is 17.7 Å². The summed E-state index contributed by atoms with van der Waals surface area (Å²) in [6.45, 7) is 13.9. The molecule has 0 bridgehead atoms. The van der Waals surface area contributed by atoms with Gasteiger partial charge in [0.2, 0.25) is 0 Å². The van der Waals surface area contributed by atoms with E-state index in [4.69, 9.17) is 14.6 Å². The first-order chi connectivity index (χ1) is 13.7. The molecule has 0 aliphatic rings. The van der Waals surface area contributed by atoms with Gasteiger partial charge in [-0.15, -0.1) is 0 Å². The van der Waals surface area contributed by atoms with Gasteiger partial charge in [0, 0.05) is 11.9 Å². The van der Waals surface area contributed by atoms with Crippen molar-refractivity contribution in [3.63, 3.8) is 0 Å². The Morgan fingerprint density at radius 3 is 1.60 bits per heavy atom. The van der Waals surface area contributed by atoms with Crippen molar-refractivity contribution in [1.29, 1.82) is 0 Å². The Bertz CT molecular complexity index is 385. The number of aliphatic carboxylic acids is 1. The third-order valence-corrected chi connectivity index (χ3v) is 3.52. The molecular formula is C20H42BrF3N2O4. The first-order valence-electron chi connectivity index (χ1n) is 10.3. The van der Waals surface area contributed by atoms with Gasteiger partial charge in [0.1, 0.15) is 11.6 Å². The van der Waals surface area contributed by atoms with E-state index in [1.165, 1.54) is 25.7 Å². The van der Waals surface area contributed by atoms with Gasteiger partial charge in [-0.1, -0.05) is 56.0 Å². The van der Waals surface area contributed by atoms with Crippen LogP contribution in [0.15, 0.2) is 0 Å². The van der Waals surface area contributed by atoms with Crippen molar-refractivity contribution in [2.45, 2.75) is 98.3 Å². The van der Waals surface area contributed by atoms with Crippen LogP contribution in [-0.2, 0) is 9.53 Å². The molecule has 0 rings (SSSR count). The monoisotopic (exact) mass is 510 g/mol. The van der Waals surface area contributed by atoms with E-state index in [1.807, 2.05) is 20.8 Å². The molecule has 0 heterocycles. The van der Waals surface area contributed by atoms with Gasteiger partial charge in [-0.2, -0.15) is 13.2 Å². The average molecular weight is 511 g/mol. The predicted octanol–water partition coefficient (Wildman–Crippen LogP) is 4.21. The van der Waals surface area contributed by atoms with Crippen molar-refractivity contribution in [3.8, 4) is 0 Å². The fraction of sp³-hybridized carbons (Fsp3) is 0.900. The summed E-state index contributed by atoms with van der Waals surface area (Å²) in [5.74, 6) is -3.01. The second-order valence-corrected chi connectivity index (χ2v) is 7.96. The molecule has 0 atom stereocenters. The minimum absolute atomic E-state index is 0.316. The molecule has 0 saturated heterocycles. The van der Waals surface area contributed by atoms with Crippen molar-refractivity contribution in [3.05, 3.63) is 0 Å². The number of carboxylic acids is 1. The van der Waals surface area contributed by atoms with E-state index in [1.54, 1.807) is 0 Å². The van der Waals surface area contributed by atoms with Crippen molar-refractivity contribution in [2.24, 2.45) is 0 Å². The van der Waals surface area contributed by atoms with Crippen molar-refractivity contribution in [1.82, 2.24) is 5.32 Å². The third-order valence-electron chi connectivity index (χ3n) is 2.72. The van der Waals surface area contributed by atoms with Gasteiger partial charge < -0.3 is 25.7 Å². The van der Waals surface area contributed by atoms with Crippen LogP contribution in [-0.4, -0.2) is 42.3 Å². The minimum Gasteiger partial charge on any atom is -0.542 e. The van der Waals surface area contributed by atoms with Gasteiger partial charge in [0.05, 0.1) is 6.54 Å². The molecule has 0 fully saturated rings. The largest absolute Gasteiger partial charge is 0.542 e. The number of hydrogen-bond acceptors (Lipinski definition) is 4. The van der Waals surface area contributed by atoms with Crippen LogP contribution >= 0.6 is 15.9 Å². The van der Waals surface area contributed by atoms with E-state index in [-0.39, 0.29) is 6.09 Å². The van der Waals surface area contributed by atoms with Crippen LogP contribution in [0.4, 0.5) is 18.0 Å². The number of alkyl carbamates (subject to hydrolysis) is 1. The fourth-order valence-corrected chi connectivity index (χ4v) is 1.31. The lowest BCUT2D eigenvalue weighted by atomic mass is 10.2. The zero-order valence-corrected chi connectivity index (χ0v) is 21.0. The Hall–Kier alpha value is -1.03. The second kappa shape index (κ2) is 24.2. The quantitative estimate of drug-likeness (QED) is 0.376. The number of unbranched alkanes of at least 4 members (excludes halogenated alkanes) is 4. The number of ether oxygens (including phenoxy) is 1. The highest BCUT2D eigenvalue weighted by Crippen LogP contribution is 2.11. The first-order valence-corrected chi connectivity index (χ1v) is 11.5. The smallest absolute Gasteiger partial charge is 0.430 e. The summed E-state index contributed by atoms with van der Waals surface area (Å²) in [6.07, 6.45) is 3.03. The van der Waals surface area contributed by atoms with Crippen LogP contribution in [0.3, 0.4) is 0 Å². The van der Waals surface area contributed by atoms with E-state index in [9.17, 15) is 18.0 Å². The maximum absolute atomic E-state index is 11.1. The van der Waals surface area contributed by atoms with Crippen LogP contribution < -0.4 is 16.2 Å². The average Bonchev–Trinajstić information content (AvgIpc) is 2.62. The molecule has 0 aromatic rings. The van der Waals surface area contributed by atoms with Gasteiger partial charge in [0.15, 0.2) is 0 Å². The Kier molecular flexibility index (Phi) is 29.4. The zero-order valence-electron chi connectivity index (χ0n) is 19.4. The molecule has 4 N–H and O–H groups in total. The van der Waals surface area contributed by atoms with Gasteiger partial charge in [-0.25, -0.2) is 4.79 Å². The highest BCUT2D eigenvalue weighted by molar-refractivity contribution is 9.09. The number of nitrogens with one attached hydrogen (secondary N) is 1. The highest BCUT2D eigenvalue weighted by atomic mass is 79.9. The van der Waals surface area contributed by atoms with E-state index >= 15 is 0 Å². The third kappa shape index (κ3) is 45.6. The van der Waals surface area contributed by atoms with Crippen LogP contribution in [0.1, 0.15) is 86.5 Å².